The summed E-state index contributed by atoms with van der Waals surface area (Å²) >= 11 is 1.46. The van der Waals surface area contributed by atoms with Gasteiger partial charge < -0.3 is 16.4 Å². The summed E-state index contributed by atoms with van der Waals surface area (Å²) in [4.78, 5) is 40.3. The first-order valence-electron chi connectivity index (χ1n) is 13.2. The molecule has 0 aromatic heterocycles. The summed E-state index contributed by atoms with van der Waals surface area (Å²) in [6.07, 6.45) is -0.186. The van der Waals surface area contributed by atoms with Gasteiger partial charge in [0.2, 0.25) is 5.91 Å². The molecule has 3 aromatic carbocycles. The maximum Gasteiger partial charge on any atom is 0.251 e. The number of nitrogens with one attached hydrogen (secondary N) is 2. The maximum absolute atomic E-state index is 13.9. The van der Waals surface area contributed by atoms with Crippen molar-refractivity contribution in [2.45, 2.75) is 56.1 Å². The van der Waals surface area contributed by atoms with E-state index in [0.717, 1.165) is 27.1 Å². The molecule has 3 aromatic rings. The molecule has 8 heteroatoms. The largest absolute Gasteiger partial charge is 0.352 e. The Balaban J connectivity index is 1.62. The van der Waals surface area contributed by atoms with E-state index in [2.05, 4.69) is 10.6 Å². The van der Waals surface area contributed by atoms with Crippen molar-refractivity contribution in [1.29, 1.82) is 0 Å². The van der Waals surface area contributed by atoms with Crippen molar-refractivity contribution < 1.29 is 14.4 Å². The summed E-state index contributed by atoms with van der Waals surface area (Å²) in [5.74, 6) is -0.870. The number of Topliss-reactive ketones (excluding diaryl/α,β-unsaturated/α-hetero) is 1. The summed E-state index contributed by atoms with van der Waals surface area (Å²) in [5.41, 5.74) is 9.72. The molecule has 1 aliphatic heterocycles. The average Bonchev–Trinajstić information content (AvgIpc) is 2.98. The van der Waals surface area contributed by atoms with Crippen LogP contribution in [0.1, 0.15) is 54.6 Å². The number of carbonyl (C=O) groups is 3. The molecule has 39 heavy (non-hydrogen) atoms. The molecule has 0 fully saturated rings. The monoisotopic (exact) mass is 544 g/mol. The van der Waals surface area contributed by atoms with Crippen LogP contribution in [0, 0.1) is 0 Å². The number of hydrogen-bond donors (Lipinski definition) is 3. The van der Waals surface area contributed by atoms with Crippen LogP contribution >= 0.6 is 11.9 Å². The van der Waals surface area contributed by atoms with Gasteiger partial charge in [-0.25, -0.2) is 4.31 Å². The second-order valence-electron chi connectivity index (χ2n) is 10.6. The molecule has 0 saturated heterocycles. The highest BCUT2D eigenvalue weighted by Gasteiger charge is 2.37. The van der Waals surface area contributed by atoms with Crippen molar-refractivity contribution in [3.05, 3.63) is 89.5 Å². The number of carbonyl (C=O) groups excluding carboxylic acids is 3. The summed E-state index contributed by atoms with van der Waals surface area (Å²) in [6.45, 7) is 6.03. The molecule has 4 rings (SSSR count). The van der Waals surface area contributed by atoms with Crippen LogP contribution in [-0.4, -0.2) is 47.2 Å². The number of ketones is 1. The van der Waals surface area contributed by atoms with Crippen LogP contribution in [-0.2, 0) is 16.0 Å². The molecule has 1 heterocycles. The quantitative estimate of drug-likeness (QED) is 0.360. The molecular formula is C31H36N4O3S. The Labute approximate surface area is 234 Å². The second-order valence-corrected chi connectivity index (χ2v) is 11.8. The zero-order chi connectivity index (χ0) is 28.2. The lowest BCUT2D eigenvalue weighted by molar-refractivity contribution is -0.131. The summed E-state index contributed by atoms with van der Waals surface area (Å²) in [6, 6.07) is 23.4. The second kappa shape index (κ2) is 12.2. The van der Waals surface area contributed by atoms with Crippen LogP contribution in [0.3, 0.4) is 0 Å². The van der Waals surface area contributed by atoms with E-state index in [9.17, 15) is 14.4 Å². The third-order valence-corrected chi connectivity index (χ3v) is 7.71. The van der Waals surface area contributed by atoms with Gasteiger partial charge in [-0.1, -0.05) is 60.7 Å². The van der Waals surface area contributed by atoms with Gasteiger partial charge in [0.15, 0.2) is 11.9 Å². The van der Waals surface area contributed by atoms with Crippen molar-refractivity contribution in [2.75, 3.05) is 13.6 Å². The number of nitrogens with two attached hydrogens (primary N) is 1. The van der Waals surface area contributed by atoms with Gasteiger partial charge in [-0.05, 0) is 73.5 Å². The number of likely N-dealkylation sites (N-methyl/N-ethyl adjacent to an activating group) is 1. The maximum atomic E-state index is 13.9. The van der Waals surface area contributed by atoms with Crippen molar-refractivity contribution in [3.63, 3.8) is 0 Å². The molecule has 2 amide bonds. The van der Waals surface area contributed by atoms with Gasteiger partial charge in [0.05, 0.1) is 5.92 Å². The first kappa shape index (κ1) is 28.5. The fourth-order valence-electron chi connectivity index (χ4n) is 4.82. The fourth-order valence-corrected chi connectivity index (χ4v) is 5.84. The third kappa shape index (κ3) is 6.95. The Kier molecular flexibility index (Phi) is 8.90. The lowest BCUT2D eigenvalue weighted by atomic mass is 9.86. The van der Waals surface area contributed by atoms with Crippen LogP contribution < -0.4 is 16.4 Å². The number of fused-ring (bicyclic) bond motifs is 1. The molecule has 2 atom stereocenters. The topological polar surface area (TPSA) is 105 Å². The highest BCUT2D eigenvalue weighted by molar-refractivity contribution is 7.97. The van der Waals surface area contributed by atoms with Crippen LogP contribution in [0.15, 0.2) is 77.7 Å². The predicted molar refractivity (Wildman–Crippen MR) is 156 cm³/mol. The Bertz CT molecular complexity index is 1350. The lowest BCUT2D eigenvalue weighted by Gasteiger charge is -2.27. The van der Waals surface area contributed by atoms with Gasteiger partial charge in [0.25, 0.3) is 5.91 Å². The Hall–Kier alpha value is -3.46. The molecule has 2 unspecified atom stereocenters. The molecule has 0 spiro atoms. The van der Waals surface area contributed by atoms with E-state index < -0.39 is 17.6 Å². The SMILES string of the molecule is CCNC(=O)c1ccccc1-c1ccc(CC2C(=O)C(NC(=O)CC(C)(C)N)N(C)Sc3ccccc32)cc1. The van der Waals surface area contributed by atoms with E-state index in [-0.39, 0.29) is 24.0 Å². The highest BCUT2D eigenvalue weighted by Crippen LogP contribution is 2.38. The van der Waals surface area contributed by atoms with Crippen LogP contribution in [0.5, 0.6) is 0 Å². The summed E-state index contributed by atoms with van der Waals surface area (Å²) in [5, 5.41) is 5.79. The van der Waals surface area contributed by atoms with E-state index in [1.54, 1.807) is 13.8 Å². The van der Waals surface area contributed by atoms with Crippen molar-refractivity contribution >= 4 is 29.5 Å². The normalized spacial score (nSPS) is 17.7. The first-order chi connectivity index (χ1) is 18.6. The zero-order valence-corrected chi connectivity index (χ0v) is 23.7. The van der Waals surface area contributed by atoms with Gasteiger partial charge in [-0.15, -0.1) is 0 Å². The van der Waals surface area contributed by atoms with Gasteiger partial charge in [0, 0.05) is 36.0 Å². The van der Waals surface area contributed by atoms with Crippen LogP contribution in [0.2, 0.25) is 0 Å². The molecule has 204 valence electrons. The molecule has 4 N–H and O–H groups in total. The molecular weight excluding hydrogens is 508 g/mol. The highest BCUT2D eigenvalue weighted by atomic mass is 32.2. The van der Waals surface area contributed by atoms with E-state index >= 15 is 0 Å². The van der Waals surface area contributed by atoms with Gasteiger partial charge >= 0.3 is 0 Å². The Morgan fingerprint density at radius 1 is 1.00 bits per heavy atom. The number of nitrogens with zero attached hydrogens (tertiary/aromatic N) is 1. The van der Waals surface area contributed by atoms with Gasteiger partial charge in [0.1, 0.15) is 0 Å². The van der Waals surface area contributed by atoms with E-state index in [0.29, 0.717) is 18.5 Å². The molecule has 0 saturated carbocycles. The van der Waals surface area contributed by atoms with E-state index in [4.69, 9.17) is 5.73 Å². The number of benzene rings is 3. The lowest BCUT2D eigenvalue weighted by Crippen LogP contribution is -2.52. The number of hydrogen-bond acceptors (Lipinski definition) is 6. The van der Waals surface area contributed by atoms with E-state index in [1.165, 1.54) is 11.9 Å². The van der Waals surface area contributed by atoms with Gasteiger partial charge in [-0.2, -0.15) is 0 Å². The standard InChI is InChI=1S/C31H36N4O3S/c1-5-33-30(38)24-12-7-6-10-22(24)21-16-14-20(15-17-21)18-25-23-11-8-9-13-26(23)39-35(4)29(28(25)37)34-27(36)19-31(2,3)32/h6-17,25,29H,5,18-19,32H2,1-4H3,(H,33,38)(H,34,36). The Morgan fingerprint density at radius 3 is 2.36 bits per heavy atom. The third-order valence-electron chi connectivity index (χ3n) is 6.64. The first-order valence-corrected chi connectivity index (χ1v) is 13.9. The molecule has 1 aliphatic rings. The van der Waals surface area contributed by atoms with Crippen molar-refractivity contribution in [3.8, 4) is 11.1 Å². The number of rotatable bonds is 8. The minimum Gasteiger partial charge on any atom is -0.352 e. The smallest absolute Gasteiger partial charge is 0.251 e. The van der Waals surface area contributed by atoms with Crippen LogP contribution in [0.25, 0.3) is 11.1 Å². The van der Waals surface area contributed by atoms with Gasteiger partial charge in [-0.3, -0.25) is 14.4 Å². The van der Waals surface area contributed by atoms with Crippen molar-refractivity contribution in [1.82, 2.24) is 14.9 Å². The zero-order valence-electron chi connectivity index (χ0n) is 22.9. The summed E-state index contributed by atoms with van der Waals surface area (Å²) < 4.78 is 1.81. The summed E-state index contributed by atoms with van der Waals surface area (Å²) in [7, 11) is 1.82. The van der Waals surface area contributed by atoms with E-state index in [1.807, 2.05) is 91.1 Å². The molecule has 0 radical (unpaired) electrons. The minimum absolute atomic E-state index is 0.0659. The minimum atomic E-state index is -0.787. The fraction of sp³-hybridized carbons (Fsp3) is 0.323. The predicted octanol–water partition coefficient (Wildman–Crippen LogP) is 4.52. The average molecular weight is 545 g/mol. The Morgan fingerprint density at radius 2 is 1.67 bits per heavy atom. The molecule has 0 bridgehead atoms. The molecule has 0 aliphatic carbocycles. The number of amides is 2. The van der Waals surface area contributed by atoms with Crippen LogP contribution in [0.4, 0.5) is 0 Å². The molecule has 7 nitrogen and oxygen atoms in total. The van der Waals surface area contributed by atoms with Crippen molar-refractivity contribution in [2.24, 2.45) is 5.73 Å².